The quantitative estimate of drug-likeness (QED) is 0.559. The minimum Gasteiger partial charge on any atom is -0.496 e. The van der Waals surface area contributed by atoms with Crippen LogP contribution in [0.2, 0.25) is 0 Å². The largest absolute Gasteiger partial charge is 0.496 e. The molecule has 1 aromatic carbocycles. The summed E-state index contributed by atoms with van der Waals surface area (Å²) in [6.45, 7) is 3.41. The molecule has 0 amide bonds. The first kappa shape index (κ1) is 11.4. The Bertz CT molecular complexity index is 380. The summed E-state index contributed by atoms with van der Waals surface area (Å²) in [6, 6.07) is 6.74. The van der Waals surface area contributed by atoms with Crippen molar-refractivity contribution >= 4 is 11.6 Å². The summed E-state index contributed by atoms with van der Waals surface area (Å²) in [5.41, 5.74) is 0.332. The van der Waals surface area contributed by atoms with Crippen molar-refractivity contribution in [3.05, 3.63) is 29.8 Å². The molecule has 0 spiro atoms. The number of carbonyl (C=O) groups is 2. The van der Waals surface area contributed by atoms with Crippen LogP contribution in [0.5, 0.6) is 5.75 Å². The number of hydrogen-bond donors (Lipinski definition) is 0. The fourth-order valence-corrected chi connectivity index (χ4v) is 1.23. The van der Waals surface area contributed by atoms with E-state index in [2.05, 4.69) is 0 Å². The summed E-state index contributed by atoms with van der Waals surface area (Å²) in [4.78, 5) is 23.2. The molecule has 0 N–H and O–H groups in total. The third-order valence-corrected chi connectivity index (χ3v) is 2.10. The molecule has 0 atom stereocenters. The van der Waals surface area contributed by atoms with Gasteiger partial charge in [-0.2, -0.15) is 0 Å². The third-order valence-electron chi connectivity index (χ3n) is 2.10. The van der Waals surface area contributed by atoms with Crippen molar-refractivity contribution in [2.24, 2.45) is 5.92 Å². The van der Waals surface area contributed by atoms with Gasteiger partial charge in [-0.3, -0.25) is 9.59 Å². The molecule has 0 bridgehead atoms. The van der Waals surface area contributed by atoms with Crippen LogP contribution in [-0.4, -0.2) is 18.7 Å². The Kier molecular flexibility index (Phi) is 3.61. The van der Waals surface area contributed by atoms with E-state index in [1.807, 2.05) is 0 Å². The van der Waals surface area contributed by atoms with Crippen LogP contribution in [0.15, 0.2) is 24.3 Å². The van der Waals surface area contributed by atoms with E-state index < -0.39 is 5.78 Å². The van der Waals surface area contributed by atoms with Gasteiger partial charge < -0.3 is 4.74 Å². The van der Waals surface area contributed by atoms with Gasteiger partial charge in [-0.15, -0.1) is 0 Å². The highest BCUT2D eigenvalue weighted by Gasteiger charge is 2.21. The second kappa shape index (κ2) is 4.73. The Morgan fingerprint density at radius 3 is 2.33 bits per heavy atom. The Labute approximate surface area is 89.1 Å². The molecule has 0 aromatic heterocycles. The minimum absolute atomic E-state index is 0.289. The first-order chi connectivity index (χ1) is 7.07. The van der Waals surface area contributed by atoms with E-state index in [-0.39, 0.29) is 11.7 Å². The molecule has 80 valence electrons. The van der Waals surface area contributed by atoms with Gasteiger partial charge in [0.25, 0.3) is 0 Å². The third kappa shape index (κ3) is 2.43. The minimum atomic E-state index is -0.484. The van der Waals surface area contributed by atoms with E-state index in [0.717, 1.165) is 0 Å². The summed E-state index contributed by atoms with van der Waals surface area (Å²) in [6.07, 6.45) is 0. The summed E-state index contributed by atoms with van der Waals surface area (Å²) < 4.78 is 5.02. The molecule has 0 saturated heterocycles. The molecule has 0 fully saturated rings. The van der Waals surface area contributed by atoms with Crippen molar-refractivity contribution in [3.63, 3.8) is 0 Å². The maximum Gasteiger partial charge on any atom is 0.232 e. The average Bonchev–Trinajstić information content (AvgIpc) is 2.26. The van der Waals surface area contributed by atoms with Crippen molar-refractivity contribution in [3.8, 4) is 5.75 Å². The molecule has 0 aliphatic rings. The zero-order valence-electron chi connectivity index (χ0n) is 9.11. The van der Waals surface area contributed by atoms with Crippen LogP contribution in [0, 0.1) is 5.92 Å². The normalized spacial score (nSPS) is 10.1. The number of ether oxygens (including phenoxy) is 1. The maximum absolute atomic E-state index is 11.7. The average molecular weight is 206 g/mol. The molecule has 1 rings (SSSR count). The lowest BCUT2D eigenvalue weighted by atomic mass is 9.99. The van der Waals surface area contributed by atoms with Gasteiger partial charge in [-0.25, -0.2) is 0 Å². The molecule has 3 nitrogen and oxygen atoms in total. The van der Waals surface area contributed by atoms with Gasteiger partial charge in [0.1, 0.15) is 5.75 Å². The van der Waals surface area contributed by atoms with Crippen LogP contribution in [0.1, 0.15) is 24.2 Å². The second-order valence-electron chi connectivity index (χ2n) is 3.55. The molecule has 0 unspecified atom stereocenters. The van der Waals surface area contributed by atoms with Gasteiger partial charge in [0.2, 0.25) is 11.6 Å². The standard InChI is InChI=1S/C12H14O3/c1-8(2)11(13)12(14)9-6-4-5-7-10(9)15-3/h4-8H,1-3H3. The van der Waals surface area contributed by atoms with Crippen LogP contribution in [0.25, 0.3) is 0 Å². The van der Waals surface area contributed by atoms with E-state index in [9.17, 15) is 9.59 Å². The lowest BCUT2D eigenvalue weighted by molar-refractivity contribution is -0.117. The van der Waals surface area contributed by atoms with E-state index in [4.69, 9.17) is 4.74 Å². The Morgan fingerprint density at radius 2 is 1.80 bits per heavy atom. The molecule has 0 saturated carbocycles. The van der Waals surface area contributed by atoms with Crippen LogP contribution in [-0.2, 0) is 4.79 Å². The number of Topliss-reactive ketones (excluding diaryl/α,β-unsaturated/α-hetero) is 2. The molecule has 1 aromatic rings. The van der Waals surface area contributed by atoms with Gasteiger partial charge in [-0.05, 0) is 12.1 Å². The fraction of sp³-hybridized carbons (Fsp3) is 0.333. The van der Waals surface area contributed by atoms with Gasteiger partial charge in [0.05, 0.1) is 12.7 Å². The molecule has 3 heteroatoms. The predicted molar refractivity (Wildman–Crippen MR) is 57.2 cm³/mol. The number of carbonyl (C=O) groups excluding carboxylic acids is 2. The van der Waals surface area contributed by atoms with Gasteiger partial charge in [-0.1, -0.05) is 26.0 Å². The van der Waals surface area contributed by atoms with E-state index in [1.54, 1.807) is 38.1 Å². The van der Waals surface area contributed by atoms with E-state index >= 15 is 0 Å². The van der Waals surface area contributed by atoms with Crippen LogP contribution in [0.3, 0.4) is 0 Å². The van der Waals surface area contributed by atoms with Crippen molar-refractivity contribution in [2.75, 3.05) is 7.11 Å². The Morgan fingerprint density at radius 1 is 1.20 bits per heavy atom. The Balaban J connectivity index is 3.06. The van der Waals surface area contributed by atoms with Gasteiger partial charge >= 0.3 is 0 Å². The zero-order valence-corrected chi connectivity index (χ0v) is 9.11. The number of ketones is 2. The fourth-order valence-electron chi connectivity index (χ4n) is 1.23. The SMILES string of the molecule is COc1ccccc1C(=O)C(=O)C(C)C. The topological polar surface area (TPSA) is 43.4 Å². The monoisotopic (exact) mass is 206 g/mol. The number of para-hydroxylation sites is 1. The summed E-state index contributed by atoms with van der Waals surface area (Å²) in [7, 11) is 1.48. The highest BCUT2D eigenvalue weighted by molar-refractivity contribution is 6.44. The van der Waals surface area contributed by atoms with E-state index in [0.29, 0.717) is 11.3 Å². The van der Waals surface area contributed by atoms with Crippen LogP contribution >= 0.6 is 0 Å². The first-order valence-corrected chi connectivity index (χ1v) is 4.79. The number of hydrogen-bond acceptors (Lipinski definition) is 3. The molecule has 15 heavy (non-hydrogen) atoms. The summed E-state index contributed by atoms with van der Waals surface area (Å²) in [5, 5.41) is 0. The molecule has 0 aliphatic carbocycles. The summed E-state index contributed by atoms with van der Waals surface area (Å²) in [5.74, 6) is -0.721. The zero-order chi connectivity index (χ0) is 11.4. The number of methoxy groups -OCH3 is 1. The maximum atomic E-state index is 11.7. The lowest BCUT2D eigenvalue weighted by Crippen LogP contribution is -2.20. The van der Waals surface area contributed by atoms with Crippen molar-refractivity contribution in [2.45, 2.75) is 13.8 Å². The molecular weight excluding hydrogens is 192 g/mol. The highest BCUT2D eigenvalue weighted by Crippen LogP contribution is 2.19. The first-order valence-electron chi connectivity index (χ1n) is 4.79. The van der Waals surface area contributed by atoms with Gasteiger partial charge in [0.15, 0.2) is 0 Å². The predicted octanol–water partition coefficient (Wildman–Crippen LogP) is 2.10. The summed E-state index contributed by atoms with van der Waals surface area (Å²) >= 11 is 0. The smallest absolute Gasteiger partial charge is 0.232 e. The van der Waals surface area contributed by atoms with Crippen molar-refractivity contribution < 1.29 is 14.3 Å². The number of benzene rings is 1. The number of rotatable bonds is 4. The van der Waals surface area contributed by atoms with Crippen molar-refractivity contribution in [1.82, 2.24) is 0 Å². The van der Waals surface area contributed by atoms with E-state index in [1.165, 1.54) is 7.11 Å². The lowest BCUT2D eigenvalue weighted by Gasteiger charge is -2.07. The molecular formula is C12H14O3. The highest BCUT2D eigenvalue weighted by atomic mass is 16.5. The molecule has 0 heterocycles. The van der Waals surface area contributed by atoms with Crippen LogP contribution in [0.4, 0.5) is 0 Å². The van der Waals surface area contributed by atoms with Crippen LogP contribution < -0.4 is 4.74 Å². The molecule has 0 radical (unpaired) electrons. The van der Waals surface area contributed by atoms with Crippen molar-refractivity contribution in [1.29, 1.82) is 0 Å². The molecule has 0 aliphatic heterocycles. The van der Waals surface area contributed by atoms with Gasteiger partial charge in [0, 0.05) is 5.92 Å². The second-order valence-corrected chi connectivity index (χ2v) is 3.55. The Hall–Kier alpha value is -1.64.